The number of carbonyl (C=O) groups excluding carboxylic acids is 1. The Kier molecular flexibility index (Phi) is 4.70. The van der Waals surface area contributed by atoms with Gasteiger partial charge >= 0.3 is 5.97 Å². The van der Waals surface area contributed by atoms with Gasteiger partial charge in [0.1, 0.15) is 6.04 Å². The summed E-state index contributed by atoms with van der Waals surface area (Å²) in [6.45, 7) is 3.05. The van der Waals surface area contributed by atoms with Gasteiger partial charge in [-0.05, 0) is 12.5 Å². The molecule has 0 spiro atoms. The number of aliphatic hydroxyl groups is 1. The summed E-state index contributed by atoms with van der Waals surface area (Å²) in [5.74, 6) is -1.33. The summed E-state index contributed by atoms with van der Waals surface area (Å²) >= 11 is 0. The molecule has 1 saturated heterocycles. The first-order valence-corrected chi connectivity index (χ1v) is 5.41. The molecule has 0 aromatic rings. The number of hydrogen-bond acceptors (Lipinski definition) is 4. The van der Waals surface area contributed by atoms with Gasteiger partial charge in [-0.3, -0.25) is 4.79 Å². The van der Waals surface area contributed by atoms with Crippen molar-refractivity contribution < 1.29 is 19.8 Å². The summed E-state index contributed by atoms with van der Waals surface area (Å²) in [6, 6.07) is -0.995. The standard InChI is InChI=1S/C10H18N2O4/c1-6-4-11-5-7(6)9(14)12-8(2-3-13)10(15)16/h6-8,11,13H,2-5H2,1H3,(H,12,14)(H,15,16)/t6?,7?,8-/m0/s1. The molecule has 3 atom stereocenters. The zero-order valence-corrected chi connectivity index (χ0v) is 9.27. The Bertz CT molecular complexity index is 270. The highest BCUT2D eigenvalue weighted by Gasteiger charge is 2.31. The van der Waals surface area contributed by atoms with Gasteiger partial charge in [0.25, 0.3) is 0 Å². The average molecular weight is 230 g/mol. The number of aliphatic carboxylic acids is 1. The van der Waals surface area contributed by atoms with Gasteiger partial charge in [-0.25, -0.2) is 4.79 Å². The van der Waals surface area contributed by atoms with Gasteiger partial charge in [0.2, 0.25) is 5.91 Å². The molecule has 1 fully saturated rings. The van der Waals surface area contributed by atoms with E-state index in [1.54, 1.807) is 0 Å². The first kappa shape index (κ1) is 12.9. The first-order valence-electron chi connectivity index (χ1n) is 5.41. The third-order valence-corrected chi connectivity index (χ3v) is 2.89. The summed E-state index contributed by atoms with van der Waals surface area (Å²) < 4.78 is 0. The Morgan fingerprint density at radius 1 is 1.50 bits per heavy atom. The minimum Gasteiger partial charge on any atom is -0.480 e. The predicted molar refractivity (Wildman–Crippen MR) is 56.8 cm³/mol. The molecule has 0 bridgehead atoms. The van der Waals surface area contributed by atoms with Crippen LogP contribution in [-0.4, -0.2) is 47.8 Å². The van der Waals surface area contributed by atoms with E-state index >= 15 is 0 Å². The maximum atomic E-state index is 11.7. The Labute approximate surface area is 94.0 Å². The highest BCUT2D eigenvalue weighted by atomic mass is 16.4. The zero-order chi connectivity index (χ0) is 12.1. The average Bonchev–Trinajstić information content (AvgIpc) is 2.63. The largest absolute Gasteiger partial charge is 0.480 e. The number of amides is 1. The number of rotatable bonds is 5. The topological polar surface area (TPSA) is 98.7 Å². The predicted octanol–water partition coefficient (Wildman–Crippen LogP) is -1.21. The molecule has 16 heavy (non-hydrogen) atoms. The van der Waals surface area contributed by atoms with Crippen LogP contribution in [-0.2, 0) is 9.59 Å². The van der Waals surface area contributed by atoms with E-state index in [-0.39, 0.29) is 30.8 Å². The summed E-state index contributed by atoms with van der Waals surface area (Å²) in [5.41, 5.74) is 0. The second-order valence-electron chi connectivity index (χ2n) is 4.15. The molecule has 6 heteroatoms. The quantitative estimate of drug-likeness (QED) is 0.475. The van der Waals surface area contributed by atoms with E-state index < -0.39 is 12.0 Å². The van der Waals surface area contributed by atoms with Crippen molar-refractivity contribution in [3.8, 4) is 0 Å². The summed E-state index contributed by atoms with van der Waals surface area (Å²) in [7, 11) is 0. The first-order chi connectivity index (χ1) is 7.56. The normalized spacial score (nSPS) is 26.4. The molecular weight excluding hydrogens is 212 g/mol. The number of carboxylic acid groups (broad SMARTS) is 1. The lowest BCUT2D eigenvalue weighted by Crippen LogP contribution is -2.45. The number of carbonyl (C=O) groups is 2. The van der Waals surface area contributed by atoms with Gasteiger partial charge in [-0.15, -0.1) is 0 Å². The SMILES string of the molecule is CC1CNCC1C(=O)N[C@@H](CCO)C(=O)O. The van der Waals surface area contributed by atoms with Crippen molar-refractivity contribution in [3.63, 3.8) is 0 Å². The van der Waals surface area contributed by atoms with E-state index in [9.17, 15) is 9.59 Å². The molecular formula is C10H18N2O4. The van der Waals surface area contributed by atoms with Crippen LogP contribution >= 0.6 is 0 Å². The summed E-state index contributed by atoms with van der Waals surface area (Å²) in [4.78, 5) is 22.5. The molecule has 0 saturated carbocycles. The third kappa shape index (κ3) is 3.18. The zero-order valence-electron chi connectivity index (χ0n) is 9.27. The van der Waals surface area contributed by atoms with Crippen molar-refractivity contribution in [2.45, 2.75) is 19.4 Å². The van der Waals surface area contributed by atoms with Crippen molar-refractivity contribution in [2.24, 2.45) is 11.8 Å². The fourth-order valence-electron chi connectivity index (χ4n) is 1.83. The maximum Gasteiger partial charge on any atom is 0.326 e. The van der Waals surface area contributed by atoms with E-state index in [2.05, 4.69) is 10.6 Å². The van der Waals surface area contributed by atoms with E-state index in [1.807, 2.05) is 6.92 Å². The van der Waals surface area contributed by atoms with Gasteiger partial charge in [-0.2, -0.15) is 0 Å². The van der Waals surface area contributed by atoms with Gasteiger partial charge in [-0.1, -0.05) is 6.92 Å². The minimum atomic E-state index is -1.11. The second-order valence-corrected chi connectivity index (χ2v) is 4.15. The number of aliphatic hydroxyl groups excluding tert-OH is 1. The third-order valence-electron chi connectivity index (χ3n) is 2.89. The molecule has 2 unspecified atom stereocenters. The van der Waals surface area contributed by atoms with Crippen molar-refractivity contribution in [2.75, 3.05) is 19.7 Å². The lowest BCUT2D eigenvalue weighted by Gasteiger charge is -2.18. The fourth-order valence-corrected chi connectivity index (χ4v) is 1.83. The molecule has 1 heterocycles. The van der Waals surface area contributed by atoms with Crippen LogP contribution in [0.5, 0.6) is 0 Å². The number of nitrogens with one attached hydrogen (secondary N) is 2. The molecule has 92 valence electrons. The lowest BCUT2D eigenvalue weighted by atomic mass is 9.97. The molecule has 1 amide bonds. The Morgan fingerprint density at radius 2 is 2.19 bits per heavy atom. The van der Waals surface area contributed by atoms with Crippen molar-refractivity contribution >= 4 is 11.9 Å². The fraction of sp³-hybridized carbons (Fsp3) is 0.800. The molecule has 0 aromatic heterocycles. The van der Waals surface area contributed by atoms with Crippen LogP contribution in [0.4, 0.5) is 0 Å². The summed E-state index contributed by atoms with van der Waals surface area (Å²) in [5, 5.41) is 23.0. The summed E-state index contributed by atoms with van der Waals surface area (Å²) in [6.07, 6.45) is 0.0373. The maximum absolute atomic E-state index is 11.7. The van der Waals surface area contributed by atoms with Crippen molar-refractivity contribution in [1.29, 1.82) is 0 Å². The van der Waals surface area contributed by atoms with Gasteiger partial charge in [0.05, 0.1) is 5.92 Å². The molecule has 0 aliphatic carbocycles. The number of hydrogen-bond donors (Lipinski definition) is 4. The van der Waals surface area contributed by atoms with E-state index in [1.165, 1.54) is 0 Å². The lowest BCUT2D eigenvalue weighted by molar-refractivity contribution is -0.143. The van der Waals surface area contributed by atoms with Gasteiger partial charge in [0, 0.05) is 19.6 Å². The highest BCUT2D eigenvalue weighted by molar-refractivity contribution is 5.85. The van der Waals surface area contributed by atoms with E-state index in [0.717, 1.165) is 6.54 Å². The Morgan fingerprint density at radius 3 is 2.62 bits per heavy atom. The van der Waals surface area contributed by atoms with Crippen LogP contribution < -0.4 is 10.6 Å². The van der Waals surface area contributed by atoms with Gasteiger partial charge in [0.15, 0.2) is 0 Å². The van der Waals surface area contributed by atoms with Crippen LogP contribution in [0, 0.1) is 11.8 Å². The highest BCUT2D eigenvalue weighted by Crippen LogP contribution is 2.16. The van der Waals surface area contributed by atoms with Crippen LogP contribution in [0.15, 0.2) is 0 Å². The van der Waals surface area contributed by atoms with Crippen molar-refractivity contribution in [1.82, 2.24) is 10.6 Å². The molecule has 6 nitrogen and oxygen atoms in total. The monoisotopic (exact) mass is 230 g/mol. The molecule has 4 N–H and O–H groups in total. The molecule has 0 radical (unpaired) electrons. The second kappa shape index (κ2) is 5.81. The Hall–Kier alpha value is -1.14. The van der Waals surface area contributed by atoms with Crippen LogP contribution in [0.25, 0.3) is 0 Å². The van der Waals surface area contributed by atoms with E-state index in [0.29, 0.717) is 6.54 Å². The van der Waals surface area contributed by atoms with Crippen LogP contribution in [0.1, 0.15) is 13.3 Å². The molecule has 1 aliphatic heterocycles. The minimum absolute atomic E-state index is 0.0373. The Balaban J connectivity index is 2.50. The van der Waals surface area contributed by atoms with Gasteiger partial charge < -0.3 is 20.8 Å². The number of carboxylic acids is 1. The molecule has 1 rings (SSSR count). The molecule has 1 aliphatic rings. The smallest absolute Gasteiger partial charge is 0.326 e. The molecule has 0 aromatic carbocycles. The van der Waals surface area contributed by atoms with Crippen LogP contribution in [0.2, 0.25) is 0 Å². The van der Waals surface area contributed by atoms with Crippen molar-refractivity contribution in [3.05, 3.63) is 0 Å². The van der Waals surface area contributed by atoms with E-state index in [4.69, 9.17) is 10.2 Å². The van der Waals surface area contributed by atoms with Crippen LogP contribution in [0.3, 0.4) is 0 Å².